The number of hydrogen-bond donors (Lipinski definition) is 1. The minimum absolute atomic E-state index is 0.356. The third kappa shape index (κ3) is 3.86. The molecular weight excluding hydrogens is 282 g/mol. The molecule has 0 spiro atoms. The van der Waals surface area contributed by atoms with E-state index in [1.54, 1.807) is 0 Å². The zero-order valence-corrected chi connectivity index (χ0v) is 13.7. The van der Waals surface area contributed by atoms with Crippen molar-refractivity contribution >= 4 is 11.8 Å². The van der Waals surface area contributed by atoms with Crippen LogP contribution in [0, 0.1) is 0 Å². The first-order valence-electron chi connectivity index (χ1n) is 7.92. The second-order valence-corrected chi connectivity index (χ2v) is 7.30. The van der Waals surface area contributed by atoms with Crippen LogP contribution >= 0.6 is 11.8 Å². The van der Waals surface area contributed by atoms with Crippen LogP contribution in [0.25, 0.3) is 0 Å². The number of thioether (sulfide) groups is 1. The minimum Gasteiger partial charge on any atom is -0.454 e. The molecule has 1 N–H and O–H groups in total. The van der Waals surface area contributed by atoms with Gasteiger partial charge in [0.25, 0.3) is 0 Å². The van der Waals surface area contributed by atoms with E-state index in [1.165, 1.54) is 31.2 Å². The maximum Gasteiger partial charge on any atom is 0.231 e. The Bertz CT molecular complexity index is 480. The Labute approximate surface area is 131 Å². The summed E-state index contributed by atoms with van der Waals surface area (Å²) in [6, 6.07) is 7.58. The fourth-order valence-electron chi connectivity index (χ4n) is 3.27. The van der Waals surface area contributed by atoms with Gasteiger partial charge in [-0.3, -0.25) is 0 Å². The van der Waals surface area contributed by atoms with Crippen molar-refractivity contribution in [2.24, 2.45) is 0 Å². The number of ether oxygens (including phenoxy) is 2. The molecule has 0 bridgehead atoms. The van der Waals surface area contributed by atoms with Gasteiger partial charge in [-0.05, 0) is 63.0 Å². The van der Waals surface area contributed by atoms with Crippen LogP contribution in [0.15, 0.2) is 18.2 Å². The molecule has 1 aromatic carbocycles. The van der Waals surface area contributed by atoms with Crippen molar-refractivity contribution in [3.63, 3.8) is 0 Å². The third-order valence-corrected chi connectivity index (χ3v) is 5.64. The number of hydrogen-bond acceptors (Lipinski definition) is 4. The largest absolute Gasteiger partial charge is 0.454 e. The Morgan fingerprint density at radius 3 is 2.95 bits per heavy atom. The predicted molar refractivity (Wildman–Crippen MR) is 88.4 cm³/mol. The maximum atomic E-state index is 5.44. The van der Waals surface area contributed by atoms with E-state index in [4.69, 9.17) is 9.47 Å². The molecule has 2 aliphatic rings. The van der Waals surface area contributed by atoms with E-state index in [1.807, 2.05) is 17.8 Å². The van der Waals surface area contributed by atoms with Crippen LogP contribution in [0.4, 0.5) is 0 Å². The molecule has 3 atom stereocenters. The summed E-state index contributed by atoms with van der Waals surface area (Å²) in [4.78, 5) is 0. The van der Waals surface area contributed by atoms with Crippen molar-refractivity contribution in [3.8, 4) is 11.5 Å². The second kappa shape index (κ2) is 6.93. The second-order valence-electron chi connectivity index (χ2n) is 6.16. The highest BCUT2D eigenvalue weighted by atomic mass is 32.2. The summed E-state index contributed by atoms with van der Waals surface area (Å²) >= 11 is 2.02. The van der Waals surface area contributed by atoms with Crippen LogP contribution in [-0.2, 0) is 6.42 Å². The van der Waals surface area contributed by atoms with Crippen LogP contribution in [0.2, 0.25) is 0 Å². The average molecular weight is 307 g/mol. The topological polar surface area (TPSA) is 30.5 Å². The highest BCUT2D eigenvalue weighted by Gasteiger charge is 2.24. The highest BCUT2D eigenvalue weighted by molar-refractivity contribution is 7.99. The Morgan fingerprint density at radius 2 is 2.14 bits per heavy atom. The van der Waals surface area contributed by atoms with E-state index in [2.05, 4.69) is 30.6 Å². The zero-order chi connectivity index (χ0) is 14.7. The summed E-state index contributed by atoms with van der Waals surface area (Å²) in [6.45, 7) is 2.66. The van der Waals surface area contributed by atoms with Crippen molar-refractivity contribution in [1.29, 1.82) is 0 Å². The van der Waals surface area contributed by atoms with Crippen molar-refractivity contribution in [1.82, 2.24) is 5.32 Å². The molecular formula is C17H25NO2S. The van der Waals surface area contributed by atoms with Gasteiger partial charge in [-0.25, -0.2) is 0 Å². The molecule has 0 saturated heterocycles. The van der Waals surface area contributed by atoms with Gasteiger partial charge in [-0.15, -0.1) is 0 Å². The first kappa shape index (κ1) is 15.0. The minimum atomic E-state index is 0.356. The lowest BCUT2D eigenvalue weighted by atomic mass is 10.0. The van der Waals surface area contributed by atoms with Crippen LogP contribution in [0.3, 0.4) is 0 Å². The quantitative estimate of drug-likeness (QED) is 0.869. The molecule has 3 nitrogen and oxygen atoms in total. The van der Waals surface area contributed by atoms with E-state index in [-0.39, 0.29) is 0 Å². The van der Waals surface area contributed by atoms with Crippen molar-refractivity contribution in [2.45, 2.75) is 56.4 Å². The first-order chi connectivity index (χ1) is 10.2. The van der Waals surface area contributed by atoms with E-state index < -0.39 is 0 Å². The molecule has 1 aliphatic heterocycles. The van der Waals surface area contributed by atoms with Crippen molar-refractivity contribution in [2.75, 3.05) is 13.0 Å². The van der Waals surface area contributed by atoms with E-state index >= 15 is 0 Å². The fraction of sp³-hybridized carbons (Fsp3) is 0.647. The van der Waals surface area contributed by atoms with E-state index in [0.717, 1.165) is 23.2 Å². The molecule has 0 aromatic heterocycles. The summed E-state index contributed by atoms with van der Waals surface area (Å²) < 4.78 is 10.8. The van der Waals surface area contributed by atoms with Gasteiger partial charge in [0.2, 0.25) is 6.79 Å². The normalized spacial score (nSPS) is 25.2. The summed E-state index contributed by atoms with van der Waals surface area (Å²) in [5.74, 6) is 1.77. The highest BCUT2D eigenvalue weighted by Crippen LogP contribution is 2.33. The SMILES string of the molecule is CSC1CCC(NC(C)CCc2ccc3c(c2)OCO3)C1. The lowest BCUT2D eigenvalue weighted by Crippen LogP contribution is -2.35. The molecule has 21 heavy (non-hydrogen) atoms. The molecule has 4 heteroatoms. The maximum absolute atomic E-state index is 5.44. The molecule has 1 aromatic rings. The summed E-state index contributed by atoms with van der Waals surface area (Å²) in [5.41, 5.74) is 1.33. The molecule has 3 rings (SSSR count). The zero-order valence-electron chi connectivity index (χ0n) is 12.9. The van der Waals surface area contributed by atoms with E-state index in [9.17, 15) is 0 Å². The molecule has 0 amide bonds. The van der Waals surface area contributed by atoms with Gasteiger partial charge < -0.3 is 14.8 Å². The molecule has 1 fully saturated rings. The number of benzene rings is 1. The van der Waals surface area contributed by atoms with Gasteiger partial charge in [-0.1, -0.05) is 6.07 Å². The number of fused-ring (bicyclic) bond motifs is 1. The first-order valence-corrected chi connectivity index (χ1v) is 9.20. The standard InChI is InChI=1S/C17H25NO2S/c1-12(18-14-6-7-15(10-14)21-2)3-4-13-5-8-16-17(9-13)20-11-19-16/h5,8-9,12,14-15,18H,3-4,6-7,10-11H2,1-2H3. The van der Waals surface area contributed by atoms with Crippen molar-refractivity contribution in [3.05, 3.63) is 23.8 Å². The van der Waals surface area contributed by atoms with E-state index in [0.29, 0.717) is 18.9 Å². The number of rotatable bonds is 6. The molecule has 1 saturated carbocycles. The molecule has 0 radical (unpaired) electrons. The lowest BCUT2D eigenvalue weighted by Gasteiger charge is -2.19. The lowest BCUT2D eigenvalue weighted by molar-refractivity contribution is 0.174. The smallest absolute Gasteiger partial charge is 0.231 e. The Kier molecular flexibility index (Phi) is 4.96. The fourth-order valence-corrected chi connectivity index (χ4v) is 4.07. The van der Waals surface area contributed by atoms with Crippen LogP contribution < -0.4 is 14.8 Å². The summed E-state index contributed by atoms with van der Waals surface area (Å²) in [6.07, 6.45) is 8.52. The van der Waals surface area contributed by atoms with Gasteiger partial charge in [0, 0.05) is 17.3 Å². The van der Waals surface area contributed by atoms with Gasteiger partial charge in [0.15, 0.2) is 11.5 Å². The molecule has 1 aliphatic carbocycles. The summed E-state index contributed by atoms with van der Waals surface area (Å²) in [7, 11) is 0. The Morgan fingerprint density at radius 1 is 1.29 bits per heavy atom. The monoisotopic (exact) mass is 307 g/mol. The Balaban J connectivity index is 1.44. The van der Waals surface area contributed by atoms with Crippen LogP contribution in [0.1, 0.15) is 38.2 Å². The summed E-state index contributed by atoms with van der Waals surface area (Å²) in [5, 5.41) is 4.66. The van der Waals surface area contributed by atoms with Gasteiger partial charge >= 0.3 is 0 Å². The van der Waals surface area contributed by atoms with Crippen LogP contribution in [-0.4, -0.2) is 30.4 Å². The average Bonchev–Trinajstić information content (AvgIpc) is 3.13. The van der Waals surface area contributed by atoms with Crippen LogP contribution in [0.5, 0.6) is 11.5 Å². The molecule has 1 heterocycles. The van der Waals surface area contributed by atoms with Crippen molar-refractivity contribution < 1.29 is 9.47 Å². The van der Waals surface area contributed by atoms with Gasteiger partial charge in [0.1, 0.15) is 0 Å². The number of nitrogens with one attached hydrogen (secondary N) is 1. The van der Waals surface area contributed by atoms with Gasteiger partial charge in [0.05, 0.1) is 0 Å². The predicted octanol–water partition coefficient (Wildman–Crippen LogP) is 3.61. The molecule has 3 unspecified atom stereocenters. The molecule has 116 valence electrons. The third-order valence-electron chi connectivity index (χ3n) is 4.54. The number of aryl methyl sites for hydroxylation is 1. The Hall–Kier alpha value is -0.870. The van der Waals surface area contributed by atoms with Gasteiger partial charge in [-0.2, -0.15) is 11.8 Å².